The first kappa shape index (κ1) is 11.5. The summed E-state index contributed by atoms with van der Waals surface area (Å²) in [6.45, 7) is 3.98. The fourth-order valence-electron chi connectivity index (χ4n) is 1.67. The summed E-state index contributed by atoms with van der Waals surface area (Å²) in [7, 11) is 0. The van der Waals surface area contributed by atoms with E-state index in [1.807, 2.05) is 44.2 Å². The molecule has 0 aromatic heterocycles. The Bertz CT molecular complexity index is 510. The quantitative estimate of drug-likeness (QED) is 0.794. The minimum absolute atomic E-state index is 0.286. The monoisotopic (exact) mass is 230 g/mol. The molecule has 0 unspecified atom stereocenters. The molecule has 3 nitrogen and oxygen atoms in total. The maximum Gasteiger partial charge on any atom is 0.328 e. The number of ether oxygens (including phenoxy) is 1. The van der Waals surface area contributed by atoms with E-state index in [1.165, 1.54) is 0 Å². The van der Waals surface area contributed by atoms with Crippen LogP contribution in [-0.2, 0) is 4.79 Å². The Labute approximate surface area is 100 Å². The molecule has 1 N–H and O–H groups in total. The number of aliphatic carboxylic acids is 1. The van der Waals surface area contributed by atoms with Gasteiger partial charge in [0.05, 0.1) is 0 Å². The van der Waals surface area contributed by atoms with E-state index in [1.54, 1.807) is 6.08 Å². The van der Waals surface area contributed by atoms with Crippen LogP contribution in [0.2, 0.25) is 0 Å². The van der Waals surface area contributed by atoms with Crippen LogP contribution in [0.4, 0.5) is 0 Å². The first-order valence-electron chi connectivity index (χ1n) is 5.40. The van der Waals surface area contributed by atoms with Crippen LogP contribution >= 0.6 is 0 Å². The largest absolute Gasteiger partial charge is 0.483 e. The number of fused-ring (bicyclic) bond motifs is 1. The first-order chi connectivity index (χ1) is 7.96. The van der Waals surface area contributed by atoms with E-state index >= 15 is 0 Å². The molecule has 0 amide bonds. The highest BCUT2D eigenvalue weighted by Crippen LogP contribution is 2.31. The standard InChI is InChI=1S/C14H14O3/c1-14(2)8-7-11-9-10(4-6-13(15)16)3-5-12(11)17-14/h3-9H,1-2H3,(H,15,16)/b6-4+. The van der Waals surface area contributed by atoms with Crippen molar-refractivity contribution in [2.45, 2.75) is 19.4 Å². The van der Waals surface area contributed by atoms with Gasteiger partial charge in [-0.1, -0.05) is 12.1 Å². The van der Waals surface area contributed by atoms with Gasteiger partial charge in [-0.3, -0.25) is 0 Å². The second-order valence-corrected chi connectivity index (χ2v) is 4.51. The van der Waals surface area contributed by atoms with Gasteiger partial charge in [-0.15, -0.1) is 0 Å². The van der Waals surface area contributed by atoms with Crippen LogP contribution in [0.15, 0.2) is 30.4 Å². The second-order valence-electron chi connectivity index (χ2n) is 4.51. The van der Waals surface area contributed by atoms with Gasteiger partial charge in [0.25, 0.3) is 0 Å². The van der Waals surface area contributed by atoms with E-state index in [0.29, 0.717) is 0 Å². The molecule has 0 saturated carbocycles. The summed E-state index contributed by atoms with van der Waals surface area (Å²) in [5.74, 6) is -0.124. The van der Waals surface area contributed by atoms with Crippen molar-refractivity contribution in [1.29, 1.82) is 0 Å². The number of hydrogen-bond acceptors (Lipinski definition) is 2. The molecule has 2 rings (SSSR count). The third kappa shape index (κ3) is 2.75. The molecule has 1 aromatic carbocycles. The fourth-order valence-corrected chi connectivity index (χ4v) is 1.67. The van der Waals surface area contributed by atoms with Crippen LogP contribution in [0.25, 0.3) is 12.2 Å². The molecule has 88 valence electrons. The van der Waals surface area contributed by atoms with Crippen molar-refractivity contribution < 1.29 is 14.6 Å². The summed E-state index contributed by atoms with van der Waals surface area (Å²) < 4.78 is 5.77. The van der Waals surface area contributed by atoms with Crippen LogP contribution < -0.4 is 4.74 Å². The molecule has 0 aliphatic carbocycles. The highest BCUT2D eigenvalue weighted by atomic mass is 16.5. The van der Waals surface area contributed by atoms with Gasteiger partial charge in [-0.25, -0.2) is 4.79 Å². The van der Waals surface area contributed by atoms with Gasteiger partial charge in [0.2, 0.25) is 0 Å². The maximum absolute atomic E-state index is 10.4. The molecule has 0 atom stereocenters. The molecule has 0 radical (unpaired) electrons. The van der Waals surface area contributed by atoms with Gasteiger partial charge in [-0.05, 0) is 43.7 Å². The zero-order valence-corrected chi connectivity index (χ0v) is 9.81. The predicted molar refractivity (Wildman–Crippen MR) is 66.9 cm³/mol. The van der Waals surface area contributed by atoms with Gasteiger partial charge < -0.3 is 9.84 Å². The van der Waals surface area contributed by atoms with Gasteiger partial charge in [0, 0.05) is 11.6 Å². The summed E-state index contributed by atoms with van der Waals surface area (Å²) in [6, 6.07) is 5.61. The van der Waals surface area contributed by atoms with Gasteiger partial charge in [0.15, 0.2) is 0 Å². The highest BCUT2D eigenvalue weighted by Gasteiger charge is 2.21. The molecular weight excluding hydrogens is 216 g/mol. The number of hydrogen-bond donors (Lipinski definition) is 1. The van der Waals surface area contributed by atoms with Crippen molar-refractivity contribution in [3.63, 3.8) is 0 Å². The highest BCUT2D eigenvalue weighted by molar-refractivity contribution is 5.85. The van der Waals surface area contributed by atoms with E-state index in [2.05, 4.69) is 0 Å². The number of carboxylic acids is 1. The molecule has 1 aromatic rings. The molecule has 1 aliphatic rings. The maximum atomic E-state index is 10.4. The lowest BCUT2D eigenvalue weighted by Gasteiger charge is -2.27. The van der Waals surface area contributed by atoms with Crippen LogP contribution in [0, 0.1) is 0 Å². The van der Waals surface area contributed by atoms with Crippen LogP contribution in [-0.4, -0.2) is 16.7 Å². The Morgan fingerprint density at radius 1 is 1.41 bits per heavy atom. The number of benzene rings is 1. The Kier molecular flexibility index (Phi) is 2.76. The van der Waals surface area contributed by atoms with Gasteiger partial charge in [0.1, 0.15) is 11.4 Å². The number of carboxylic acid groups (broad SMARTS) is 1. The summed E-state index contributed by atoms with van der Waals surface area (Å²) in [6.07, 6.45) is 6.67. The number of carbonyl (C=O) groups is 1. The molecule has 3 heteroatoms. The lowest BCUT2D eigenvalue weighted by molar-refractivity contribution is -0.131. The predicted octanol–water partition coefficient (Wildman–Crippen LogP) is 2.97. The third-order valence-corrected chi connectivity index (χ3v) is 2.49. The van der Waals surface area contributed by atoms with E-state index in [4.69, 9.17) is 9.84 Å². The summed E-state index contributed by atoms with van der Waals surface area (Å²) in [4.78, 5) is 10.4. The smallest absolute Gasteiger partial charge is 0.328 e. The Morgan fingerprint density at radius 3 is 2.88 bits per heavy atom. The lowest BCUT2D eigenvalue weighted by atomic mass is 10.0. The van der Waals surface area contributed by atoms with Gasteiger partial charge >= 0.3 is 5.97 Å². The third-order valence-electron chi connectivity index (χ3n) is 2.49. The topological polar surface area (TPSA) is 46.5 Å². The Morgan fingerprint density at radius 2 is 2.18 bits per heavy atom. The van der Waals surface area contributed by atoms with Gasteiger partial charge in [-0.2, -0.15) is 0 Å². The summed E-state index contributed by atoms with van der Waals surface area (Å²) in [5.41, 5.74) is 1.53. The Hall–Kier alpha value is -2.03. The van der Waals surface area contributed by atoms with Crippen molar-refractivity contribution in [2.75, 3.05) is 0 Å². The normalized spacial score (nSPS) is 16.6. The number of rotatable bonds is 2. The van der Waals surface area contributed by atoms with E-state index in [0.717, 1.165) is 23.0 Å². The van der Waals surface area contributed by atoms with Crippen molar-refractivity contribution in [2.24, 2.45) is 0 Å². The molecular formula is C14H14O3. The minimum Gasteiger partial charge on any atom is -0.483 e. The van der Waals surface area contributed by atoms with E-state index in [-0.39, 0.29) is 5.60 Å². The van der Waals surface area contributed by atoms with Crippen LogP contribution in [0.5, 0.6) is 5.75 Å². The van der Waals surface area contributed by atoms with Crippen molar-refractivity contribution in [3.8, 4) is 5.75 Å². The molecule has 17 heavy (non-hydrogen) atoms. The summed E-state index contributed by atoms with van der Waals surface area (Å²) in [5, 5.41) is 8.56. The van der Waals surface area contributed by atoms with Crippen molar-refractivity contribution >= 4 is 18.1 Å². The zero-order valence-electron chi connectivity index (χ0n) is 9.81. The fraction of sp³-hybridized carbons (Fsp3) is 0.214. The molecule has 1 heterocycles. The Balaban J connectivity index is 2.30. The lowest BCUT2D eigenvalue weighted by Crippen LogP contribution is -2.27. The first-order valence-corrected chi connectivity index (χ1v) is 5.40. The minimum atomic E-state index is -0.948. The SMILES string of the molecule is CC1(C)C=Cc2cc(/C=C/C(=O)O)ccc2O1. The van der Waals surface area contributed by atoms with Crippen molar-refractivity contribution in [3.05, 3.63) is 41.5 Å². The molecule has 0 bridgehead atoms. The second kappa shape index (κ2) is 4.09. The summed E-state index contributed by atoms with van der Waals surface area (Å²) >= 11 is 0. The molecule has 0 fully saturated rings. The zero-order chi connectivity index (χ0) is 12.5. The van der Waals surface area contributed by atoms with Crippen molar-refractivity contribution in [1.82, 2.24) is 0 Å². The average molecular weight is 230 g/mol. The average Bonchev–Trinajstić information content (AvgIpc) is 2.25. The van der Waals surface area contributed by atoms with Crippen LogP contribution in [0.1, 0.15) is 25.0 Å². The van der Waals surface area contributed by atoms with E-state index < -0.39 is 5.97 Å². The molecule has 1 aliphatic heterocycles. The molecule has 0 spiro atoms. The van der Waals surface area contributed by atoms with Crippen LogP contribution in [0.3, 0.4) is 0 Å². The molecule has 0 saturated heterocycles. The van der Waals surface area contributed by atoms with E-state index in [9.17, 15) is 4.79 Å².